The molecule has 1 aromatic heterocycles. The zero-order valence-electron chi connectivity index (χ0n) is 10.3. The SMILES string of the molecule is Cc1cc(NC(=O)c2cc(Br)ccc2Br)c(C(=O)O)[nH]1. The second-order valence-corrected chi connectivity index (χ2v) is 5.89. The lowest BCUT2D eigenvalue weighted by Crippen LogP contribution is -2.14. The van der Waals surface area contributed by atoms with E-state index in [4.69, 9.17) is 5.11 Å². The van der Waals surface area contributed by atoms with Gasteiger partial charge in [-0.05, 0) is 47.1 Å². The zero-order chi connectivity index (χ0) is 14.9. The van der Waals surface area contributed by atoms with Gasteiger partial charge in [0.25, 0.3) is 5.91 Å². The largest absolute Gasteiger partial charge is 0.477 e. The minimum atomic E-state index is -1.12. The molecule has 2 rings (SSSR count). The Hall–Kier alpha value is -1.60. The normalized spacial score (nSPS) is 10.3. The van der Waals surface area contributed by atoms with Crippen molar-refractivity contribution in [2.45, 2.75) is 6.92 Å². The van der Waals surface area contributed by atoms with Crippen LogP contribution in [0.15, 0.2) is 33.2 Å². The van der Waals surface area contributed by atoms with Gasteiger partial charge in [0.15, 0.2) is 0 Å². The number of rotatable bonds is 3. The van der Waals surface area contributed by atoms with Crippen LogP contribution in [0.3, 0.4) is 0 Å². The summed E-state index contributed by atoms with van der Waals surface area (Å²) in [6, 6.07) is 6.76. The van der Waals surface area contributed by atoms with Gasteiger partial charge in [-0.1, -0.05) is 15.9 Å². The van der Waals surface area contributed by atoms with Crippen LogP contribution in [-0.4, -0.2) is 22.0 Å². The summed E-state index contributed by atoms with van der Waals surface area (Å²) < 4.78 is 1.39. The van der Waals surface area contributed by atoms with Crippen LogP contribution in [0.2, 0.25) is 0 Å². The van der Waals surface area contributed by atoms with Gasteiger partial charge in [0.05, 0.1) is 11.3 Å². The van der Waals surface area contributed by atoms with Gasteiger partial charge < -0.3 is 15.4 Å². The van der Waals surface area contributed by atoms with E-state index in [-0.39, 0.29) is 17.3 Å². The first-order valence-electron chi connectivity index (χ1n) is 5.58. The van der Waals surface area contributed by atoms with E-state index in [2.05, 4.69) is 42.2 Å². The first kappa shape index (κ1) is 14.8. The summed E-state index contributed by atoms with van der Waals surface area (Å²) in [7, 11) is 0. The fraction of sp³-hybridized carbons (Fsp3) is 0.0769. The first-order valence-corrected chi connectivity index (χ1v) is 7.16. The van der Waals surface area contributed by atoms with Crippen molar-refractivity contribution >= 4 is 49.4 Å². The number of amides is 1. The summed E-state index contributed by atoms with van der Waals surface area (Å²) in [5.41, 5.74) is 1.27. The number of nitrogens with one attached hydrogen (secondary N) is 2. The summed E-state index contributed by atoms with van der Waals surface area (Å²) in [5, 5.41) is 11.7. The van der Waals surface area contributed by atoms with Crippen LogP contribution in [0.25, 0.3) is 0 Å². The molecule has 0 radical (unpaired) electrons. The van der Waals surface area contributed by atoms with Gasteiger partial charge in [-0.15, -0.1) is 0 Å². The second-order valence-electron chi connectivity index (χ2n) is 4.12. The highest BCUT2D eigenvalue weighted by Gasteiger charge is 2.17. The molecule has 0 aliphatic heterocycles. The van der Waals surface area contributed by atoms with E-state index in [1.54, 1.807) is 31.2 Å². The van der Waals surface area contributed by atoms with Gasteiger partial charge in [0.2, 0.25) is 0 Å². The van der Waals surface area contributed by atoms with Gasteiger partial charge in [0, 0.05) is 14.6 Å². The number of hydrogen-bond acceptors (Lipinski definition) is 2. The van der Waals surface area contributed by atoms with Crippen molar-refractivity contribution in [3.05, 3.63) is 50.2 Å². The Morgan fingerprint density at radius 1 is 1.25 bits per heavy atom. The van der Waals surface area contributed by atoms with Crippen LogP contribution in [0.1, 0.15) is 26.5 Å². The average Bonchev–Trinajstić information content (AvgIpc) is 2.73. The quantitative estimate of drug-likeness (QED) is 0.731. The van der Waals surface area contributed by atoms with E-state index in [0.29, 0.717) is 15.7 Å². The number of hydrogen-bond donors (Lipinski definition) is 3. The molecule has 0 aliphatic rings. The van der Waals surface area contributed by atoms with Crippen molar-refractivity contribution in [1.82, 2.24) is 4.98 Å². The van der Waals surface area contributed by atoms with Crippen molar-refractivity contribution in [3.63, 3.8) is 0 Å². The van der Waals surface area contributed by atoms with Gasteiger partial charge in [0.1, 0.15) is 5.69 Å². The Bertz CT molecular complexity index is 695. The molecule has 1 amide bonds. The Balaban J connectivity index is 2.32. The number of benzene rings is 1. The van der Waals surface area contributed by atoms with Crippen LogP contribution in [0.4, 0.5) is 5.69 Å². The van der Waals surface area contributed by atoms with Crippen LogP contribution in [0, 0.1) is 6.92 Å². The molecule has 0 unspecified atom stereocenters. The molecule has 1 aromatic carbocycles. The third-order valence-electron chi connectivity index (χ3n) is 2.59. The number of aromatic amines is 1. The lowest BCUT2D eigenvalue weighted by molar-refractivity contribution is 0.0692. The minimum absolute atomic E-state index is 0.0398. The van der Waals surface area contributed by atoms with Gasteiger partial charge in [-0.25, -0.2) is 4.79 Å². The predicted molar refractivity (Wildman–Crippen MR) is 82.3 cm³/mol. The molecule has 2 aromatic rings. The number of aromatic nitrogens is 1. The van der Waals surface area contributed by atoms with E-state index < -0.39 is 5.97 Å². The predicted octanol–water partition coefficient (Wildman–Crippen LogP) is 3.80. The fourth-order valence-electron chi connectivity index (χ4n) is 1.72. The highest BCUT2D eigenvalue weighted by molar-refractivity contribution is 9.11. The molecule has 0 aliphatic carbocycles. The molecule has 7 heteroatoms. The molecule has 20 heavy (non-hydrogen) atoms. The van der Waals surface area contributed by atoms with Crippen LogP contribution >= 0.6 is 31.9 Å². The summed E-state index contributed by atoms with van der Waals surface area (Å²) in [6.07, 6.45) is 0. The number of carboxylic acid groups (broad SMARTS) is 1. The van der Waals surface area contributed by atoms with Crippen molar-refractivity contribution < 1.29 is 14.7 Å². The maximum Gasteiger partial charge on any atom is 0.354 e. The second kappa shape index (κ2) is 5.80. The lowest BCUT2D eigenvalue weighted by Gasteiger charge is -2.07. The van der Waals surface area contributed by atoms with E-state index >= 15 is 0 Å². The molecular formula is C13H10Br2N2O3. The van der Waals surface area contributed by atoms with Crippen molar-refractivity contribution in [2.24, 2.45) is 0 Å². The number of carbonyl (C=O) groups excluding carboxylic acids is 1. The Morgan fingerprint density at radius 2 is 1.95 bits per heavy atom. The smallest absolute Gasteiger partial charge is 0.354 e. The summed E-state index contributed by atoms with van der Waals surface area (Å²) in [5.74, 6) is -1.51. The van der Waals surface area contributed by atoms with Crippen molar-refractivity contribution in [1.29, 1.82) is 0 Å². The molecule has 0 saturated carbocycles. The average molecular weight is 402 g/mol. The number of aryl methyl sites for hydroxylation is 1. The third kappa shape index (κ3) is 3.10. The van der Waals surface area contributed by atoms with Gasteiger partial charge in [-0.3, -0.25) is 4.79 Å². The van der Waals surface area contributed by atoms with E-state index in [1.807, 2.05) is 0 Å². The molecule has 0 atom stereocenters. The molecule has 0 fully saturated rings. The van der Waals surface area contributed by atoms with Crippen LogP contribution < -0.4 is 5.32 Å². The van der Waals surface area contributed by atoms with Gasteiger partial charge >= 0.3 is 5.97 Å². The molecule has 3 N–H and O–H groups in total. The summed E-state index contributed by atoms with van der Waals surface area (Å²) in [6.45, 7) is 1.72. The molecule has 5 nitrogen and oxygen atoms in total. The monoisotopic (exact) mass is 400 g/mol. The highest BCUT2D eigenvalue weighted by Crippen LogP contribution is 2.24. The summed E-state index contributed by atoms with van der Waals surface area (Å²) >= 11 is 6.58. The standard InChI is InChI=1S/C13H10Br2N2O3/c1-6-4-10(11(16-6)13(19)20)17-12(18)8-5-7(14)2-3-9(8)15/h2-5,16H,1H3,(H,17,18)(H,19,20). The maximum absolute atomic E-state index is 12.2. The Morgan fingerprint density at radius 3 is 2.60 bits per heavy atom. The number of halogens is 2. The number of carboxylic acids is 1. The zero-order valence-corrected chi connectivity index (χ0v) is 13.5. The molecule has 1 heterocycles. The van der Waals surface area contributed by atoms with Crippen LogP contribution in [0.5, 0.6) is 0 Å². The maximum atomic E-state index is 12.2. The Labute approximate surface area is 131 Å². The number of H-pyrrole nitrogens is 1. The van der Waals surface area contributed by atoms with Crippen LogP contribution in [-0.2, 0) is 0 Å². The number of anilines is 1. The van der Waals surface area contributed by atoms with E-state index in [0.717, 1.165) is 4.47 Å². The molecular weight excluding hydrogens is 392 g/mol. The fourth-order valence-corrected chi connectivity index (χ4v) is 2.51. The lowest BCUT2D eigenvalue weighted by atomic mass is 10.2. The summed E-state index contributed by atoms with van der Waals surface area (Å²) in [4.78, 5) is 26.0. The molecule has 0 saturated heterocycles. The van der Waals surface area contributed by atoms with Crippen molar-refractivity contribution in [2.75, 3.05) is 5.32 Å². The Kier molecular flexibility index (Phi) is 4.29. The van der Waals surface area contributed by atoms with E-state index in [9.17, 15) is 9.59 Å². The number of aromatic carboxylic acids is 1. The molecule has 104 valence electrons. The molecule has 0 spiro atoms. The topological polar surface area (TPSA) is 82.2 Å². The van der Waals surface area contributed by atoms with E-state index in [1.165, 1.54) is 0 Å². The minimum Gasteiger partial charge on any atom is -0.477 e. The van der Waals surface area contributed by atoms with Gasteiger partial charge in [-0.2, -0.15) is 0 Å². The first-order chi connectivity index (χ1) is 9.38. The molecule has 0 bridgehead atoms. The highest BCUT2D eigenvalue weighted by atomic mass is 79.9. The third-order valence-corrected chi connectivity index (χ3v) is 3.77. The van der Waals surface area contributed by atoms with Crippen molar-refractivity contribution in [3.8, 4) is 0 Å². The number of carbonyl (C=O) groups is 2.